The Morgan fingerprint density at radius 2 is 1.68 bits per heavy atom. The zero-order chi connectivity index (χ0) is 14.7. The van der Waals surface area contributed by atoms with E-state index in [2.05, 4.69) is 33.9 Å². The van der Waals surface area contributed by atoms with Gasteiger partial charge in [-0.25, -0.2) is 0 Å². The van der Waals surface area contributed by atoms with E-state index in [1.165, 1.54) is 7.11 Å². The van der Waals surface area contributed by atoms with Gasteiger partial charge in [0.2, 0.25) is 0 Å². The SMILES string of the molecule is COC(=O)CC1CCC(O[Si](C)(C)C(C)(C)C)CC1. The highest BCUT2D eigenvalue weighted by atomic mass is 28.4. The van der Waals surface area contributed by atoms with Crippen LogP contribution in [0.3, 0.4) is 0 Å². The molecular weight excluding hydrogens is 256 g/mol. The maximum Gasteiger partial charge on any atom is 0.305 e. The number of carbonyl (C=O) groups excluding carboxylic acids is 1. The first-order valence-electron chi connectivity index (χ1n) is 7.40. The second-order valence-electron chi connectivity index (χ2n) is 7.30. The minimum absolute atomic E-state index is 0.0752. The van der Waals surface area contributed by atoms with E-state index in [0.717, 1.165) is 25.7 Å². The maximum atomic E-state index is 11.3. The molecule has 0 atom stereocenters. The molecule has 3 nitrogen and oxygen atoms in total. The van der Waals surface area contributed by atoms with Gasteiger partial charge >= 0.3 is 5.97 Å². The predicted molar refractivity (Wildman–Crippen MR) is 80.7 cm³/mol. The van der Waals surface area contributed by atoms with Gasteiger partial charge in [0.15, 0.2) is 8.32 Å². The van der Waals surface area contributed by atoms with Crippen LogP contribution in [0.1, 0.15) is 52.9 Å². The lowest BCUT2D eigenvalue weighted by molar-refractivity contribution is -0.142. The van der Waals surface area contributed by atoms with Crippen molar-refractivity contribution in [3.05, 3.63) is 0 Å². The fourth-order valence-electron chi connectivity index (χ4n) is 2.37. The summed E-state index contributed by atoms with van der Waals surface area (Å²) in [5, 5.41) is 0.274. The van der Waals surface area contributed by atoms with Gasteiger partial charge in [0.25, 0.3) is 0 Å². The number of esters is 1. The fraction of sp³-hybridized carbons (Fsp3) is 0.933. The van der Waals surface area contributed by atoms with Gasteiger partial charge in [0, 0.05) is 12.5 Å². The predicted octanol–water partition coefficient (Wildman–Crippen LogP) is 4.13. The second kappa shape index (κ2) is 6.40. The van der Waals surface area contributed by atoms with E-state index < -0.39 is 8.32 Å². The van der Waals surface area contributed by atoms with Crippen molar-refractivity contribution >= 4 is 14.3 Å². The first-order valence-corrected chi connectivity index (χ1v) is 10.3. The third-order valence-corrected chi connectivity index (χ3v) is 9.28. The van der Waals surface area contributed by atoms with Crippen molar-refractivity contribution in [3.8, 4) is 0 Å². The number of hydrogen-bond donors (Lipinski definition) is 0. The highest BCUT2D eigenvalue weighted by Gasteiger charge is 2.39. The largest absolute Gasteiger partial charge is 0.469 e. The topological polar surface area (TPSA) is 35.5 Å². The van der Waals surface area contributed by atoms with Crippen LogP contribution in [0.2, 0.25) is 18.1 Å². The Kier molecular flexibility index (Phi) is 5.62. The van der Waals surface area contributed by atoms with Crippen LogP contribution in [0.5, 0.6) is 0 Å². The Bertz CT molecular complexity index is 299. The molecule has 1 fully saturated rings. The third kappa shape index (κ3) is 4.92. The monoisotopic (exact) mass is 286 g/mol. The molecule has 4 heteroatoms. The lowest BCUT2D eigenvalue weighted by Crippen LogP contribution is -2.44. The second-order valence-corrected chi connectivity index (χ2v) is 12.1. The molecule has 1 aliphatic rings. The highest BCUT2D eigenvalue weighted by Crippen LogP contribution is 2.39. The Morgan fingerprint density at radius 1 is 1.16 bits per heavy atom. The smallest absolute Gasteiger partial charge is 0.305 e. The molecule has 0 aromatic carbocycles. The van der Waals surface area contributed by atoms with Crippen LogP contribution in [0, 0.1) is 5.92 Å². The summed E-state index contributed by atoms with van der Waals surface area (Å²) in [4.78, 5) is 11.3. The van der Waals surface area contributed by atoms with E-state index >= 15 is 0 Å². The quantitative estimate of drug-likeness (QED) is 0.576. The van der Waals surface area contributed by atoms with Gasteiger partial charge in [0.05, 0.1) is 7.11 Å². The number of ether oxygens (including phenoxy) is 1. The summed E-state index contributed by atoms with van der Waals surface area (Å²) in [6.07, 6.45) is 5.34. The molecule has 0 aromatic heterocycles. The van der Waals surface area contributed by atoms with Crippen molar-refractivity contribution in [2.24, 2.45) is 5.92 Å². The zero-order valence-corrected chi connectivity index (χ0v) is 14.4. The van der Waals surface area contributed by atoms with Crippen LogP contribution < -0.4 is 0 Å². The molecule has 112 valence electrons. The first-order chi connectivity index (χ1) is 8.65. The van der Waals surface area contributed by atoms with E-state index in [-0.39, 0.29) is 11.0 Å². The van der Waals surface area contributed by atoms with Gasteiger partial charge in [-0.15, -0.1) is 0 Å². The molecule has 0 unspecified atom stereocenters. The molecule has 0 N–H and O–H groups in total. The lowest BCUT2D eigenvalue weighted by atomic mass is 9.85. The Hall–Kier alpha value is -0.353. The van der Waals surface area contributed by atoms with Crippen molar-refractivity contribution in [3.63, 3.8) is 0 Å². The molecular formula is C15H30O3Si. The first kappa shape index (κ1) is 16.7. The molecule has 0 amide bonds. The molecule has 19 heavy (non-hydrogen) atoms. The van der Waals surface area contributed by atoms with E-state index in [0.29, 0.717) is 18.4 Å². The molecule has 0 heterocycles. The van der Waals surface area contributed by atoms with Crippen LogP contribution in [0.4, 0.5) is 0 Å². The molecule has 0 radical (unpaired) electrons. The van der Waals surface area contributed by atoms with Crippen molar-refractivity contribution in [1.82, 2.24) is 0 Å². The molecule has 0 saturated heterocycles. The van der Waals surface area contributed by atoms with Crippen LogP contribution in [-0.4, -0.2) is 27.5 Å². The van der Waals surface area contributed by atoms with Gasteiger partial charge in [-0.05, 0) is 49.7 Å². The fourth-order valence-corrected chi connectivity index (χ4v) is 3.79. The van der Waals surface area contributed by atoms with Gasteiger partial charge < -0.3 is 9.16 Å². The number of hydrogen-bond acceptors (Lipinski definition) is 3. The standard InChI is InChI=1S/C15H30O3Si/c1-15(2,3)19(5,6)18-13-9-7-12(8-10-13)11-14(16)17-4/h12-13H,7-11H2,1-6H3. The lowest BCUT2D eigenvalue weighted by Gasteiger charge is -2.41. The summed E-state index contributed by atoms with van der Waals surface area (Å²) in [6, 6.07) is 0. The average Bonchev–Trinajstić information content (AvgIpc) is 2.29. The highest BCUT2D eigenvalue weighted by molar-refractivity contribution is 6.74. The van der Waals surface area contributed by atoms with Crippen molar-refractivity contribution in [1.29, 1.82) is 0 Å². The van der Waals surface area contributed by atoms with E-state index in [4.69, 9.17) is 9.16 Å². The summed E-state index contributed by atoms with van der Waals surface area (Å²) in [6.45, 7) is 11.5. The summed E-state index contributed by atoms with van der Waals surface area (Å²) < 4.78 is 11.2. The number of methoxy groups -OCH3 is 1. The van der Waals surface area contributed by atoms with Gasteiger partial charge in [-0.1, -0.05) is 20.8 Å². The summed E-state index contributed by atoms with van der Waals surface area (Å²) >= 11 is 0. The van der Waals surface area contributed by atoms with E-state index in [1.807, 2.05) is 0 Å². The zero-order valence-electron chi connectivity index (χ0n) is 13.4. The molecule has 1 aliphatic carbocycles. The maximum absolute atomic E-state index is 11.3. The van der Waals surface area contributed by atoms with Crippen LogP contribution in [0.15, 0.2) is 0 Å². The van der Waals surface area contributed by atoms with Crippen molar-refractivity contribution < 1.29 is 14.0 Å². The van der Waals surface area contributed by atoms with Crippen LogP contribution >= 0.6 is 0 Å². The third-order valence-electron chi connectivity index (χ3n) is 4.74. The minimum atomic E-state index is -1.64. The van der Waals surface area contributed by atoms with E-state index in [9.17, 15) is 4.79 Å². The summed E-state index contributed by atoms with van der Waals surface area (Å²) in [5.41, 5.74) is 0. The Labute approximate surface area is 119 Å². The van der Waals surface area contributed by atoms with Gasteiger partial charge in [0.1, 0.15) is 0 Å². The van der Waals surface area contributed by atoms with Gasteiger partial charge in [-0.2, -0.15) is 0 Å². The Balaban J connectivity index is 2.40. The molecule has 0 aliphatic heterocycles. The molecule has 0 aromatic rings. The average molecular weight is 286 g/mol. The molecule has 0 bridgehead atoms. The molecule has 1 saturated carbocycles. The number of rotatable bonds is 4. The summed E-state index contributed by atoms with van der Waals surface area (Å²) in [7, 11) is -0.178. The van der Waals surface area contributed by atoms with Crippen molar-refractivity contribution in [2.45, 2.75) is 77.1 Å². The minimum Gasteiger partial charge on any atom is -0.469 e. The summed E-state index contributed by atoms with van der Waals surface area (Å²) in [5.74, 6) is 0.417. The van der Waals surface area contributed by atoms with Gasteiger partial charge in [-0.3, -0.25) is 4.79 Å². The normalized spacial score (nSPS) is 25.2. The molecule has 0 spiro atoms. The number of carbonyl (C=O) groups is 1. The van der Waals surface area contributed by atoms with E-state index in [1.54, 1.807) is 0 Å². The molecule has 1 rings (SSSR count). The van der Waals surface area contributed by atoms with Crippen LogP contribution in [0.25, 0.3) is 0 Å². The van der Waals surface area contributed by atoms with Crippen LogP contribution in [-0.2, 0) is 14.0 Å². The van der Waals surface area contributed by atoms with Crippen molar-refractivity contribution in [2.75, 3.05) is 7.11 Å². The Morgan fingerprint density at radius 3 is 2.11 bits per heavy atom.